The molecule has 6 heteroatoms. The largest absolute Gasteiger partial charge is 0.493 e. The van der Waals surface area contributed by atoms with Crippen LogP contribution in [-0.4, -0.2) is 36.6 Å². The molecule has 0 unspecified atom stereocenters. The first-order valence-corrected chi connectivity index (χ1v) is 7.02. The van der Waals surface area contributed by atoms with Crippen LogP contribution < -0.4 is 5.56 Å². The first-order valence-electron chi connectivity index (χ1n) is 7.02. The minimum atomic E-state index is -0.302. The van der Waals surface area contributed by atoms with Crippen LogP contribution in [0.15, 0.2) is 10.9 Å². The lowest BCUT2D eigenvalue weighted by molar-refractivity contribution is 0.114. The summed E-state index contributed by atoms with van der Waals surface area (Å²) in [6.45, 7) is 3.86. The van der Waals surface area contributed by atoms with Crippen molar-refractivity contribution in [2.45, 2.75) is 32.7 Å². The first-order chi connectivity index (χ1) is 10.1. The van der Waals surface area contributed by atoms with Crippen molar-refractivity contribution in [3.05, 3.63) is 27.5 Å². The molecule has 0 radical (unpaired) electrons. The summed E-state index contributed by atoms with van der Waals surface area (Å²) in [7, 11) is 1.67. The molecule has 0 spiro atoms. The maximum absolute atomic E-state index is 11.8. The Morgan fingerprint density at radius 2 is 1.95 bits per heavy atom. The number of nitrogens with zero attached hydrogens (tertiary/aromatic N) is 2. The van der Waals surface area contributed by atoms with Gasteiger partial charge >= 0.3 is 0 Å². The average Bonchev–Trinajstić information content (AvgIpc) is 2.45. The number of hydrogen-bond acceptors (Lipinski definition) is 5. The Morgan fingerprint density at radius 1 is 1.29 bits per heavy atom. The van der Waals surface area contributed by atoms with Crippen LogP contribution in [0.5, 0.6) is 5.88 Å². The molecule has 0 saturated carbocycles. The second kappa shape index (κ2) is 9.16. The van der Waals surface area contributed by atoms with Crippen LogP contribution in [0.2, 0.25) is 0 Å². The van der Waals surface area contributed by atoms with Crippen molar-refractivity contribution in [1.29, 1.82) is 5.26 Å². The van der Waals surface area contributed by atoms with E-state index in [1.54, 1.807) is 14.0 Å². The molecular weight excluding hydrogens is 272 g/mol. The van der Waals surface area contributed by atoms with Crippen molar-refractivity contribution in [3.63, 3.8) is 0 Å². The fraction of sp³-hybridized carbons (Fsp3) is 0.600. The van der Waals surface area contributed by atoms with E-state index >= 15 is 0 Å². The highest BCUT2D eigenvalue weighted by atomic mass is 16.5. The molecule has 0 amide bonds. The number of aryl methyl sites for hydroxylation is 1. The van der Waals surface area contributed by atoms with Crippen LogP contribution >= 0.6 is 0 Å². The zero-order valence-electron chi connectivity index (χ0n) is 12.6. The van der Waals surface area contributed by atoms with Gasteiger partial charge in [-0.1, -0.05) is 0 Å². The van der Waals surface area contributed by atoms with Crippen molar-refractivity contribution >= 4 is 0 Å². The maximum atomic E-state index is 11.8. The molecule has 21 heavy (non-hydrogen) atoms. The van der Waals surface area contributed by atoms with Crippen molar-refractivity contribution in [1.82, 2.24) is 4.57 Å². The molecule has 0 aliphatic heterocycles. The van der Waals surface area contributed by atoms with E-state index in [0.717, 1.165) is 19.4 Å². The molecule has 0 atom stereocenters. The summed E-state index contributed by atoms with van der Waals surface area (Å²) in [5.74, 6) is -0.261. The summed E-state index contributed by atoms with van der Waals surface area (Å²) in [5.41, 5.74) is 0.338. The normalized spacial score (nSPS) is 10.5. The molecule has 1 aromatic heterocycles. The molecule has 0 aliphatic carbocycles. The minimum absolute atomic E-state index is 0.148. The van der Waals surface area contributed by atoms with E-state index in [4.69, 9.17) is 14.7 Å². The van der Waals surface area contributed by atoms with Gasteiger partial charge in [-0.2, -0.15) is 5.26 Å². The van der Waals surface area contributed by atoms with E-state index in [1.165, 1.54) is 10.6 Å². The lowest BCUT2D eigenvalue weighted by Gasteiger charge is -2.11. The molecule has 0 saturated heterocycles. The van der Waals surface area contributed by atoms with Crippen LogP contribution in [0.25, 0.3) is 0 Å². The second-order valence-electron chi connectivity index (χ2n) is 4.79. The molecule has 0 aromatic carbocycles. The highest BCUT2D eigenvalue weighted by molar-refractivity contribution is 5.43. The van der Waals surface area contributed by atoms with Gasteiger partial charge in [0.25, 0.3) is 5.56 Å². The van der Waals surface area contributed by atoms with Crippen LogP contribution in [0.3, 0.4) is 0 Å². The van der Waals surface area contributed by atoms with Gasteiger partial charge in [-0.3, -0.25) is 9.36 Å². The number of unbranched alkanes of at least 4 members (excludes halogenated alkanes) is 1. The van der Waals surface area contributed by atoms with E-state index < -0.39 is 0 Å². The predicted octanol–water partition coefficient (Wildman–Crippen LogP) is 1.57. The number of methoxy groups -OCH3 is 1. The van der Waals surface area contributed by atoms with Gasteiger partial charge in [0.1, 0.15) is 11.6 Å². The number of pyridine rings is 1. The van der Waals surface area contributed by atoms with Gasteiger partial charge in [0.05, 0.1) is 0 Å². The Kier molecular flexibility index (Phi) is 7.51. The number of rotatable bonds is 9. The van der Waals surface area contributed by atoms with Gasteiger partial charge in [-0.05, 0) is 31.7 Å². The number of aromatic hydroxyl groups is 1. The van der Waals surface area contributed by atoms with Crippen LogP contribution in [-0.2, 0) is 16.0 Å². The van der Waals surface area contributed by atoms with Gasteiger partial charge in [0.15, 0.2) is 0 Å². The molecule has 0 fully saturated rings. The highest BCUT2D eigenvalue weighted by Crippen LogP contribution is 2.17. The predicted molar refractivity (Wildman–Crippen MR) is 78.4 cm³/mol. The third kappa shape index (κ3) is 5.21. The summed E-state index contributed by atoms with van der Waals surface area (Å²) in [6.07, 6.45) is 2.49. The maximum Gasteiger partial charge on any atom is 0.253 e. The molecule has 1 N–H and O–H groups in total. The fourth-order valence-electron chi connectivity index (χ4n) is 1.98. The molecule has 1 aromatic rings. The van der Waals surface area contributed by atoms with Crippen LogP contribution in [0.1, 0.15) is 30.4 Å². The highest BCUT2D eigenvalue weighted by Gasteiger charge is 2.11. The summed E-state index contributed by atoms with van der Waals surface area (Å²) in [5, 5.41) is 18.9. The van der Waals surface area contributed by atoms with E-state index in [1.807, 2.05) is 6.07 Å². The first kappa shape index (κ1) is 17.2. The van der Waals surface area contributed by atoms with E-state index in [2.05, 4.69) is 0 Å². The SMILES string of the molecule is COCCCCOCCCn1c(O)c(C#N)c(C)cc1=O. The lowest BCUT2D eigenvalue weighted by atomic mass is 10.1. The van der Waals surface area contributed by atoms with Crippen molar-refractivity contribution in [2.75, 3.05) is 26.9 Å². The van der Waals surface area contributed by atoms with Gasteiger partial charge < -0.3 is 14.6 Å². The van der Waals surface area contributed by atoms with E-state index in [9.17, 15) is 9.90 Å². The van der Waals surface area contributed by atoms with Crippen molar-refractivity contribution < 1.29 is 14.6 Å². The van der Waals surface area contributed by atoms with Gasteiger partial charge in [0.2, 0.25) is 5.88 Å². The molecule has 6 nitrogen and oxygen atoms in total. The zero-order chi connectivity index (χ0) is 15.7. The molecule has 0 aliphatic rings. The topological polar surface area (TPSA) is 84.5 Å². The summed E-state index contributed by atoms with van der Waals surface area (Å²) < 4.78 is 11.6. The van der Waals surface area contributed by atoms with Gasteiger partial charge in [-0.15, -0.1) is 0 Å². The summed E-state index contributed by atoms with van der Waals surface area (Å²) in [4.78, 5) is 11.8. The smallest absolute Gasteiger partial charge is 0.253 e. The van der Waals surface area contributed by atoms with Gasteiger partial charge in [-0.25, -0.2) is 0 Å². The Balaban J connectivity index is 2.43. The Hall–Kier alpha value is -1.84. The Labute approximate surface area is 124 Å². The van der Waals surface area contributed by atoms with Crippen molar-refractivity contribution in [2.24, 2.45) is 0 Å². The summed E-state index contributed by atoms with van der Waals surface area (Å²) >= 11 is 0. The standard InChI is InChI=1S/C15H22N2O4/c1-12-10-14(18)17(15(19)13(12)11-16)6-5-9-21-8-4-3-7-20-2/h10,19H,3-9H2,1-2H3. The van der Waals surface area contributed by atoms with Crippen LogP contribution in [0, 0.1) is 18.3 Å². The van der Waals surface area contributed by atoms with Crippen LogP contribution in [0.4, 0.5) is 0 Å². The Bertz CT molecular complexity index is 546. The molecular formula is C15H22N2O4. The molecule has 1 heterocycles. The van der Waals surface area contributed by atoms with E-state index in [-0.39, 0.29) is 17.0 Å². The third-order valence-corrected chi connectivity index (χ3v) is 3.15. The summed E-state index contributed by atoms with van der Waals surface area (Å²) in [6, 6.07) is 3.27. The number of aromatic nitrogens is 1. The quantitative estimate of drug-likeness (QED) is 0.699. The van der Waals surface area contributed by atoms with Crippen molar-refractivity contribution in [3.8, 4) is 11.9 Å². The Morgan fingerprint density at radius 3 is 2.62 bits per heavy atom. The number of hydrogen-bond donors (Lipinski definition) is 1. The number of nitriles is 1. The molecule has 1 rings (SSSR count). The average molecular weight is 294 g/mol. The fourth-order valence-corrected chi connectivity index (χ4v) is 1.98. The van der Waals surface area contributed by atoms with Gasteiger partial charge in [0, 0.05) is 39.5 Å². The molecule has 0 bridgehead atoms. The third-order valence-electron chi connectivity index (χ3n) is 3.15. The van der Waals surface area contributed by atoms with E-state index in [0.29, 0.717) is 31.7 Å². The second-order valence-corrected chi connectivity index (χ2v) is 4.79. The zero-order valence-corrected chi connectivity index (χ0v) is 12.6. The lowest BCUT2D eigenvalue weighted by Crippen LogP contribution is -2.21. The molecule has 116 valence electrons. The minimum Gasteiger partial charge on any atom is -0.493 e. The number of ether oxygens (including phenoxy) is 2. The monoisotopic (exact) mass is 294 g/mol.